The minimum atomic E-state index is -3.26. The lowest BCUT2D eigenvalue weighted by molar-refractivity contribution is 0.127. The van der Waals surface area contributed by atoms with Crippen molar-refractivity contribution in [2.75, 3.05) is 18.9 Å². The lowest BCUT2D eigenvalue weighted by Gasteiger charge is -2.33. The van der Waals surface area contributed by atoms with Crippen LogP contribution < -0.4 is 10.5 Å². The van der Waals surface area contributed by atoms with Crippen LogP contribution >= 0.6 is 12.4 Å². The van der Waals surface area contributed by atoms with Gasteiger partial charge >= 0.3 is 0 Å². The van der Waals surface area contributed by atoms with E-state index in [-0.39, 0.29) is 29.8 Å². The molecular weight excluding hydrogens is 288 g/mol. The Bertz CT molecular complexity index is 363. The van der Waals surface area contributed by atoms with E-state index in [0.29, 0.717) is 13.2 Å². The molecule has 1 aliphatic heterocycles. The number of nitrogens with two attached hydrogens (primary N) is 1. The molecule has 2 aliphatic rings. The number of sulfonamides is 1. The zero-order valence-electron chi connectivity index (χ0n) is 11.3. The quantitative estimate of drug-likeness (QED) is 0.798. The van der Waals surface area contributed by atoms with Crippen molar-refractivity contribution in [2.45, 2.75) is 56.6 Å². The van der Waals surface area contributed by atoms with E-state index in [0.717, 1.165) is 38.5 Å². The molecule has 114 valence electrons. The summed E-state index contributed by atoms with van der Waals surface area (Å²) in [5.41, 5.74) is 5.87. The number of ether oxygens (including phenoxy) is 1. The molecular formula is C12H25ClN2O3S. The zero-order valence-corrected chi connectivity index (χ0v) is 12.9. The van der Waals surface area contributed by atoms with E-state index < -0.39 is 10.0 Å². The van der Waals surface area contributed by atoms with E-state index in [1.807, 2.05) is 0 Å². The van der Waals surface area contributed by atoms with Crippen LogP contribution in [0.3, 0.4) is 0 Å². The van der Waals surface area contributed by atoms with Gasteiger partial charge in [0.25, 0.3) is 0 Å². The highest BCUT2D eigenvalue weighted by atomic mass is 35.5. The largest absolute Gasteiger partial charge is 0.377 e. The van der Waals surface area contributed by atoms with Gasteiger partial charge < -0.3 is 10.5 Å². The number of rotatable bonds is 5. The molecule has 0 amide bonds. The number of hydrogen-bond donors (Lipinski definition) is 2. The lowest BCUT2D eigenvalue weighted by atomic mass is 9.83. The molecule has 1 unspecified atom stereocenters. The number of nitrogens with one attached hydrogen (secondary N) is 1. The molecule has 3 N–H and O–H groups in total. The first-order valence-electron chi connectivity index (χ1n) is 6.87. The van der Waals surface area contributed by atoms with Gasteiger partial charge in [-0.05, 0) is 25.7 Å². The number of hydrogen-bond acceptors (Lipinski definition) is 4. The molecule has 0 aromatic carbocycles. The predicted octanol–water partition coefficient (Wildman–Crippen LogP) is 1.17. The van der Waals surface area contributed by atoms with E-state index in [4.69, 9.17) is 10.5 Å². The maximum atomic E-state index is 11.9. The van der Waals surface area contributed by atoms with E-state index in [1.54, 1.807) is 0 Å². The first-order chi connectivity index (χ1) is 8.49. The highest BCUT2D eigenvalue weighted by Crippen LogP contribution is 2.25. The molecule has 1 saturated heterocycles. The molecule has 0 aromatic rings. The third-order valence-electron chi connectivity index (χ3n) is 3.92. The van der Waals surface area contributed by atoms with Crippen LogP contribution in [0.4, 0.5) is 0 Å². The molecule has 0 bridgehead atoms. The second-order valence-corrected chi connectivity index (χ2v) is 7.51. The van der Waals surface area contributed by atoms with Gasteiger partial charge in [0.15, 0.2) is 0 Å². The Morgan fingerprint density at radius 2 is 1.89 bits per heavy atom. The van der Waals surface area contributed by atoms with Crippen molar-refractivity contribution >= 4 is 22.4 Å². The normalized spacial score (nSPS) is 26.9. The fourth-order valence-electron chi connectivity index (χ4n) is 2.77. The van der Waals surface area contributed by atoms with Crippen molar-refractivity contribution in [3.63, 3.8) is 0 Å². The summed E-state index contributed by atoms with van der Waals surface area (Å²) in [7, 11) is -3.26. The summed E-state index contributed by atoms with van der Waals surface area (Å²) in [5, 5.41) is 0. The SMILES string of the molecule is Cl.NC1(CNS(=O)(=O)CC2CCCO2)CCCCC1. The molecule has 1 aliphatic carbocycles. The molecule has 19 heavy (non-hydrogen) atoms. The van der Waals surface area contributed by atoms with Gasteiger partial charge in [-0.25, -0.2) is 13.1 Å². The van der Waals surface area contributed by atoms with Crippen molar-refractivity contribution in [1.82, 2.24) is 4.72 Å². The van der Waals surface area contributed by atoms with E-state index in [9.17, 15) is 8.42 Å². The summed E-state index contributed by atoms with van der Waals surface area (Å²) in [6.45, 7) is 1.04. The fraction of sp³-hybridized carbons (Fsp3) is 1.00. The molecule has 7 heteroatoms. The smallest absolute Gasteiger partial charge is 0.214 e. The van der Waals surface area contributed by atoms with E-state index >= 15 is 0 Å². The zero-order chi connectivity index (χ0) is 13.1. The molecule has 1 atom stereocenters. The summed E-state index contributed by atoms with van der Waals surface area (Å²) in [5.74, 6) is 0.0725. The van der Waals surface area contributed by atoms with Gasteiger partial charge in [0.05, 0.1) is 11.9 Å². The molecule has 5 nitrogen and oxygen atoms in total. The maximum Gasteiger partial charge on any atom is 0.214 e. The Labute approximate surface area is 122 Å². The van der Waals surface area contributed by atoms with Crippen molar-refractivity contribution in [3.05, 3.63) is 0 Å². The van der Waals surface area contributed by atoms with Crippen LogP contribution in [0.15, 0.2) is 0 Å². The summed E-state index contributed by atoms with van der Waals surface area (Å²) < 4.78 is 31.9. The number of halogens is 1. The summed E-state index contributed by atoms with van der Waals surface area (Å²) in [6.07, 6.45) is 6.90. The predicted molar refractivity (Wildman–Crippen MR) is 78.0 cm³/mol. The Hall–Kier alpha value is 0.120. The van der Waals surface area contributed by atoms with Crippen LogP contribution in [0.5, 0.6) is 0 Å². The maximum absolute atomic E-state index is 11.9. The monoisotopic (exact) mass is 312 g/mol. The van der Waals surface area contributed by atoms with Crippen LogP contribution in [0.1, 0.15) is 44.9 Å². The summed E-state index contributed by atoms with van der Waals surface area (Å²) >= 11 is 0. The first-order valence-corrected chi connectivity index (χ1v) is 8.52. The third kappa shape index (κ3) is 5.55. The standard InChI is InChI=1S/C12H24N2O3S.ClH/c13-12(6-2-1-3-7-12)10-14-18(15,16)9-11-5-4-8-17-11;/h11,14H,1-10,13H2;1H. The minimum absolute atomic E-state index is 0. The van der Waals surface area contributed by atoms with Gasteiger partial charge in [-0.15, -0.1) is 12.4 Å². The van der Waals surface area contributed by atoms with Crippen molar-refractivity contribution in [2.24, 2.45) is 5.73 Å². The topological polar surface area (TPSA) is 81.4 Å². The van der Waals surface area contributed by atoms with E-state index in [2.05, 4.69) is 4.72 Å². The van der Waals surface area contributed by atoms with E-state index in [1.165, 1.54) is 6.42 Å². The van der Waals surface area contributed by atoms with Crippen molar-refractivity contribution in [3.8, 4) is 0 Å². The molecule has 1 saturated carbocycles. The van der Waals surface area contributed by atoms with Gasteiger partial charge in [0.1, 0.15) is 0 Å². The average molecular weight is 313 g/mol. The van der Waals surface area contributed by atoms with Gasteiger partial charge in [0, 0.05) is 18.7 Å². The second kappa shape index (κ2) is 7.22. The third-order valence-corrected chi connectivity index (χ3v) is 5.32. The Kier molecular flexibility index (Phi) is 6.53. The second-order valence-electron chi connectivity index (χ2n) is 5.66. The summed E-state index contributed by atoms with van der Waals surface area (Å²) in [6, 6.07) is 0. The Morgan fingerprint density at radius 3 is 2.47 bits per heavy atom. The van der Waals surface area contributed by atoms with Crippen molar-refractivity contribution in [1.29, 1.82) is 0 Å². The van der Waals surface area contributed by atoms with Crippen molar-refractivity contribution < 1.29 is 13.2 Å². The molecule has 0 radical (unpaired) electrons. The molecule has 1 heterocycles. The van der Waals surface area contributed by atoms with Crippen LogP contribution in [0.25, 0.3) is 0 Å². The molecule has 0 spiro atoms. The van der Waals surface area contributed by atoms with Crippen LogP contribution in [0.2, 0.25) is 0 Å². The van der Waals surface area contributed by atoms with Gasteiger partial charge in [-0.3, -0.25) is 0 Å². The Balaban J connectivity index is 0.00000180. The molecule has 2 fully saturated rings. The molecule has 2 rings (SSSR count). The van der Waals surface area contributed by atoms with Gasteiger partial charge in [-0.1, -0.05) is 19.3 Å². The average Bonchev–Trinajstić information content (AvgIpc) is 2.80. The first kappa shape index (κ1) is 17.2. The molecule has 0 aromatic heterocycles. The minimum Gasteiger partial charge on any atom is -0.377 e. The highest BCUT2D eigenvalue weighted by Gasteiger charge is 2.30. The Morgan fingerprint density at radius 1 is 1.21 bits per heavy atom. The summed E-state index contributed by atoms with van der Waals surface area (Å²) in [4.78, 5) is 0. The lowest BCUT2D eigenvalue weighted by Crippen LogP contribution is -2.52. The fourth-order valence-corrected chi connectivity index (χ4v) is 4.14. The highest BCUT2D eigenvalue weighted by molar-refractivity contribution is 7.89. The van der Waals surface area contributed by atoms with Crippen LogP contribution in [0, 0.1) is 0 Å². The van der Waals surface area contributed by atoms with Gasteiger partial charge in [-0.2, -0.15) is 0 Å². The van der Waals surface area contributed by atoms with Gasteiger partial charge in [0.2, 0.25) is 10.0 Å². The van der Waals surface area contributed by atoms with Crippen LogP contribution in [-0.2, 0) is 14.8 Å². The van der Waals surface area contributed by atoms with Crippen LogP contribution in [-0.4, -0.2) is 39.0 Å².